The van der Waals surface area contributed by atoms with Crippen LogP contribution in [0.4, 0.5) is 0 Å². The maximum Gasteiger partial charge on any atom is 0.270 e. The molecule has 2 heterocycles. The van der Waals surface area contributed by atoms with Gasteiger partial charge in [-0.25, -0.2) is 4.98 Å². The van der Waals surface area contributed by atoms with Crippen molar-refractivity contribution in [1.82, 2.24) is 14.5 Å². The zero-order valence-electron chi connectivity index (χ0n) is 14.6. The maximum atomic E-state index is 12.3. The van der Waals surface area contributed by atoms with Crippen molar-refractivity contribution in [2.75, 3.05) is 7.11 Å². The summed E-state index contributed by atoms with van der Waals surface area (Å²) in [4.78, 5) is 19.7. The fourth-order valence-electron chi connectivity index (χ4n) is 3.07. The summed E-state index contributed by atoms with van der Waals surface area (Å²) >= 11 is 0. The number of H-pyrrole nitrogens is 1. The lowest BCUT2D eigenvalue weighted by atomic mass is 10.1. The molecule has 1 N–H and O–H groups in total. The van der Waals surface area contributed by atoms with E-state index in [0.717, 1.165) is 5.56 Å². The first-order valence-electron chi connectivity index (χ1n) is 8.18. The van der Waals surface area contributed by atoms with Gasteiger partial charge in [0.1, 0.15) is 5.69 Å². The van der Waals surface area contributed by atoms with Crippen LogP contribution in [-0.2, 0) is 19.9 Å². The second-order valence-corrected chi connectivity index (χ2v) is 6.56. The van der Waals surface area contributed by atoms with Gasteiger partial charge in [0.25, 0.3) is 5.56 Å². The van der Waals surface area contributed by atoms with E-state index in [0.29, 0.717) is 36.0 Å². The van der Waals surface area contributed by atoms with Crippen LogP contribution in [0.1, 0.15) is 30.8 Å². The van der Waals surface area contributed by atoms with Gasteiger partial charge in [-0.2, -0.15) is 0 Å². The second-order valence-electron chi connectivity index (χ2n) is 6.56. The predicted octanol–water partition coefficient (Wildman–Crippen LogP) is 3.06. The van der Waals surface area contributed by atoms with Gasteiger partial charge >= 0.3 is 0 Å². The minimum atomic E-state index is -0.125. The zero-order valence-corrected chi connectivity index (χ0v) is 14.6. The van der Waals surface area contributed by atoms with Gasteiger partial charge in [0, 0.05) is 30.6 Å². The summed E-state index contributed by atoms with van der Waals surface area (Å²) in [5.41, 5.74) is 3.42. The van der Waals surface area contributed by atoms with Crippen LogP contribution in [0.5, 0.6) is 5.88 Å². The topological polar surface area (TPSA) is 59.9 Å². The van der Waals surface area contributed by atoms with Crippen molar-refractivity contribution in [2.24, 2.45) is 13.0 Å². The van der Waals surface area contributed by atoms with E-state index in [-0.39, 0.29) is 5.56 Å². The molecule has 0 radical (unpaired) electrons. The van der Waals surface area contributed by atoms with Crippen LogP contribution in [0.15, 0.2) is 35.3 Å². The first-order chi connectivity index (χ1) is 11.5. The highest BCUT2D eigenvalue weighted by Crippen LogP contribution is 2.24. The lowest BCUT2D eigenvalue weighted by Gasteiger charge is -2.10. The zero-order chi connectivity index (χ0) is 17.3. The van der Waals surface area contributed by atoms with Gasteiger partial charge in [-0.1, -0.05) is 32.0 Å². The molecule has 0 spiro atoms. The number of aromatic nitrogens is 3. The van der Waals surface area contributed by atoms with E-state index >= 15 is 0 Å². The van der Waals surface area contributed by atoms with Gasteiger partial charge in [0.15, 0.2) is 0 Å². The summed E-state index contributed by atoms with van der Waals surface area (Å²) < 4.78 is 7.52. The van der Waals surface area contributed by atoms with Crippen LogP contribution in [0, 0.1) is 5.92 Å². The molecule has 0 fully saturated rings. The molecular weight excluding hydrogens is 302 g/mol. The van der Waals surface area contributed by atoms with Crippen molar-refractivity contribution in [1.29, 1.82) is 0 Å². The molecule has 5 heteroatoms. The van der Waals surface area contributed by atoms with Crippen molar-refractivity contribution in [2.45, 2.75) is 26.7 Å². The molecule has 0 aliphatic heterocycles. The highest BCUT2D eigenvalue weighted by Gasteiger charge is 2.15. The van der Waals surface area contributed by atoms with Crippen molar-refractivity contribution in [3.8, 4) is 5.88 Å². The Hall–Kier alpha value is -2.56. The third-order valence-electron chi connectivity index (χ3n) is 4.16. The number of hydrogen-bond donors (Lipinski definition) is 1. The third kappa shape index (κ3) is 3.07. The van der Waals surface area contributed by atoms with Crippen LogP contribution in [0.2, 0.25) is 0 Å². The van der Waals surface area contributed by atoms with Crippen LogP contribution >= 0.6 is 0 Å². The summed E-state index contributed by atoms with van der Waals surface area (Å²) in [5, 5.41) is 1.18. The monoisotopic (exact) mass is 325 g/mol. The average molecular weight is 325 g/mol. The van der Waals surface area contributed by atoms with Gasteiger partial charge in [-0.3, -0.25) is 4.79 Å². The van der Waals surface area contributed by atoms with E-state index in [1.807, 2.05) is 19.2 Å². The number of nitrogens with zero attached hydrogens (tertiary/aromatic N) is 2. The van der Waals surface area contributed by atoms with E-state index < -0.39 is 0 Å². The minimum Gasteiger partial charge on any atom is -0.480 e. The molecule has 126 valence electrons. The van der Waals surface area contributed by atoms with E-state index in [2.05, 4.69) is 46.7 Å². The van der Waals surface area contributed by atoms with E-state index in [9.17, 15) is 4.79 Å². The fraction of sp³-hybridized carbons (Fsp3) is 0.368. The molecule has 0 unspecified atom stereocenters. The number of rotatable bonds is 5. The number of hydrogen-bond acceptors (Lipinski definition) is 3. The smallest absolute Gasteiger partial charge is 0.270 e. The van der Waals surface area contributed by atoms with Crippen LogP contribution in [0.25, 0.3) is 10.9 Å². The van der Waals surface area contributed by atoms with Gasteiger partial charge < -0.3 is 14.3 Å². The molecule has 2 aromatic heterocycles. The molecule has 5 nitrogen and oxygen atoms in total. The third-order valence-corrected chi connectivity index (χ3v) is 4.16. The molecule has 24 heavy (non-hydrogen) atoms. The number of fused-ring (bicyclic) bond motifs is 1. The molecule has 0 atom stereocenters. The minimum absolute atomic E-state index is 0.125. The molecule has 0 saturated carbocycles. The van der Waals surface area contributed by atoms with Crippen molar-refractivity contribution in [3.63, 3.8) is 0 Å². The number of ether oxygens (including phenoxy) is 1. The lowest BCUT2D eigenvalue weighted by molar-refractivity contribution is 0.386. The maximum absolute atomic E-state index is 12.3. The average Bonchev–Trinajstić information content (AvgIpc) is 2.86. The van der Waals surface area contributed by atoms with Gasteiger partial charge in [-0.05, 0) is 24.0 Å². The Morgan fingerprint density at radius 2 is 2.04 bits per heavy atom. The highest BCUT2D eigenvalue weighted by molar-refractivity contribution is 5.84. The van der Waals surface area contributed by atoms with Gasteiger partial charge in [0.05, 0.1) is 12.8 Å². The summed E-state index contributed by atoms with van der Waals surface area (Å²) in [5.74, 6) is 0.866. The number of aromatic amines is 1. The lowest BCUT2D eigenvalue weighted by Crippen LogP contribution is -2.20. The van der Waals surface area contributed by atoms with E-state index in [1.165, 1.54) is 10.9 Å². The Balaban J connectivity index is 2.03. The Morgan fingerprint density at radius 1 is 1.29 bits per heavy atom. The van der Waals surface area contributed by atoms with Gasteiger partial charge in [-0.15, -0.1) is 0 Å². The SMILES string of the molecule is COc1nc(CC(C)C)c(=O)[nH]c1Cc1cn(C)c2ccccc12. The summed E-state index contributed by atoms with van der Waals surface area (Å²) in [6.07, 6.45) is 3.30. The molecule has 3 rings (SSSR count). The van der Waals surface area contributed by atoms with Crippen molar-refractivity contribution < 1.29 is 4.74 Å². The second kappa shape index (κ2) is 6.51. The summed E-state index contributed by atoms with van der Waals surface area (Å²) in [6.45, 7) is 4.13. The standard InChI is InChI=1S/C19H23N3O2/c1-12(2)9-15-18(23)20-16(19(21-15)24-4)10-13-11-22(3)17-8-6-5-7-14(13)17/h5-8,11-12H,9-10H2,1-4H3,(H,20,23). The van der Waals surface area contributed by atoms with Crippen molar-refractivity contribution in [3.05, 3.63) is 57.8 Å². The molecule has 3 aromatic rings. The van der Waals surface area contributed by atoms with Crippen LogP contribution in [0.3, 0.4) is 0 Å². The number of para-hydroxylation sites is 1. The highest BCUT2D eigenvalue weighted by atomic mass is 16.5. The Labute approximate surface area is 141 Å². The normalized spacial score (nSPS) is 11.4. The molecule has 0 saturated heterocycles. The van der Waals surface area contributed by atoms with E-state index in [1.54, 1.807) is 7.11 Å². The van der Waals surface area contributed by atoms with Gasteiger partial charge in [0.2, 0.25) is 5.88 Å². The Bertz CT molecular complexity index is 922. The number of methoxy groups -OCH3 is 1. The molecular formula is C19H23N3O2. The molecule has 0 aliphatic carbocycles. The molecule has 0 amide bonds. The van der Waals surface area contributed by atoms with E-state index in [4.69, 9.17) is 4.74 Å². The van der Waals surface area contributed by atoms with Crippen LogP contribution < -0.4 is 10.3 Å². The first-order valence-corrected chi connectivity index (χ1v) is 8.18. The number of benzene rings is 1. The number of nitrogens with one attached hydrogen (secondary N) is 1. The van der Waals surface area contributed by atoms with Crippen LogP contribution in [-0.4, -0.2) is 21.6 Å². The summed E-state index contributed by atoms with van der Waals surface area (Å²) in [6, 6.07) is 8.23. The fourth-order valence-corrected chi connectivity index (χ4v) is 3.07. The largest absolute Gasteiger partial charge is 0.480 e. The van der Waals surface area contributed by atoms with Crippen molar-refractivity contribution >= 4 is 10.9 Å². The quantitative estimate of drug-likeness (QED) is 0.784. The molecule has 0 aliphatic rings. The Morgan fingerprint density at radius 3 is 2.75 bits per heavy atom. The molecule has 1 aromatic carbocycles. The molecule has 0 bridgehead atoms. The Kier molecular flexibility index (Phi) is 4.42. The predicted molar refractivity (Wildman–Crippen MR) is 95.7 cm³/mol. The first kappa shape index (κ1) is 16.3. The summed E-state index contributed by atoms with van der Waals surface area (Å²) in [7, 11) is 3.61. The number of aryl methyl sites for hydroxylation is 1.